The number of nitrogens with zero attached hydrogens (tertiary/aromatic N) is 9. The first kappa shape index (κ1) is 86.4. The molecular formula is C94H106N12O12S3. The van der Waals surface area contributed by atoms with E-state index in [1.54, 1.807) is 61.7 Å². The molecule has 7 aliphatic rings. The molecule has 0 spiro atoms. The molecule has 1 aliphatic carbocycles. The van der Waals surface area contributed by atoms with Crippen LogP contribution in [0.5, 0.6) is 0 Å². The Morgan fingerprint density at radius 3 is 1.41 bits per heavy atom. The summed E-state index contributed by atoms with van der Waals surface area (Å²) in [5.74, 6) is -2.86. The van der Waals surface area contributed by atoms with Crippen LogP contribution < -0.4 is 16.0 Å². The zero-order chi connectivity index (χ0) is 85.7. The number of aliphatic hydroxyl groups is 2. The zero-order valence-electron chi connectivity index (χ0n) is 70.0. The molecule has 632 valence electrons. The van der Waals surface area contributed by atoms with Crippen molar-refractivity contribution < 1.29 is 58.2 Å². The average Bonchev–Trinajstić information content (AvgIpc) is 1.61. The number of likely N-dealkylation sites (tertiary alicyclic amines) is 3. The molecule has 9 aromatic rings. The SMILES string of the molecule is CCCCc1ccc2c(c1)CN([C@H](C(=O)N1CC(=O)C[C@H]1C(=O)NCc1ccc(-c3scnc3C)cc1)C(C)C)C2=O.Cc1ncsc1-c1ccc(CNC(=O)[C@@H]2C[C@@H](O)CN2C(=O)C2(N3Cc4ccccc4C3=O)CCCCC2)cc1.Cc1ncsc1-c1ccc(CNC(=O)[C@@H]2C[C@](C)(O)CN2C(=O)[C@H](C(C)C)N2Cc3ccccc3C2=O)cc1. The van der Waals surface area contributed by atoms with E-state index < -0.39 is 47.5 Å². The van der Waals surface area contributed by atoms with Crippen LogP contribution in [0.15, 0.2) is 156 Å². The number of carbonyl (C=O) groups is 10. The highest BCUT2D eigenvalue weighted by molar-refractivity contribution is 7.14. The van der Waals surface area contributed by atoms with Gasteiger partial charge in [-0.25, -0.2) is 15.0 Å². The van der Waals surface area contributed by atoms with Gasteiger partial charge in [-0.15, -0.1) is 34.0 Å². The van der Waals surface area contributed by atoms with E-state index in [-0.39, 0.29) is 116 Å². The van der Waals surface area contributed by atoms with E-state index in [1.165, 1.54) is 20.3 Å². The molecule has 121 heavy (non-hydrogen) atoms. The van der Waals surface area contributed by atoms with Crippen molar-refractivity contribution in [1.82, 2.24) is 60.3 Å². The zero-order valence-corrected chi connectivity index (χ0v) is 72.4. The summed E-state index contributed by atoms with van der Waals surface area (Å²) in [5.41, 5.74) is 18.1. The molecule has 9 amide bonds. The number of unbranched alkanes of at least 4 members (excludes halogenated alkanes) is 1. The lowest BCUT2D eigenvalue weighted by Gasteiger charge is -2.45. The molecule has 0 radical (unpaired) electrons. The minimum Gasteiger partial charge on any atom is -0.391 e. The van der Waals surface area contributed by atoms with E-state index in [0.717, 1.165) is 120 Å². The molecule has 7 atom stereocenters. The molecule has 0 unspecified atom stereocenters. The lowest BCUT2D eigenvalue weighted by molar-refractivity contribution is -0.150. The predicted molar refractivity (Wildman–Crippen MR) is 465 cm³/mol. The highest BCUT2D eigenvalue weighted by atomic mass is 32.1. The van der Waals surface area contributed by atoms with E-state index >= 15 is 0 Å². The highest BCUT2D eigenvalue weighted by Gasteiger charge is 2.55. The summed E-state index contributed by atoms with van der Waals surface area (Å²) < 4.78 is 0. The fourth-order valence-electron chi connectivity index (χ4n) is 18.1. The normalized spacial score (nSPS) is 20.1. The quantitative estimate of drug-likeness (QED) is 0.0398. The second kappa shape index (κ2) is 37.2. The van der Waals surface area contributed by atoms with Crippen molar-refractivity contribution in [3.63, 3.8) is 0 Å². The summed E-state index contributed by atoms with van der Waals surface area (Å²) in [7, 11) is 0. The molecule has 3 aromatic heterocycles. The summed E-state index contributed by atoms with van der Waals surface area (Å²) in [6.45, 7) is 19.3. The molecule has 1 saturated carbocycles. The van der Waals surface area contributed by atoms with E-state index in [0.29, 0.717) is 62.3 Å². The molecule has 27 heteroatoms. The van der Waals surface area contributed by atoms with Gasteiger partial charge in [0, 0.05) is 81.8 Å². The second-order valence-corrected chi connectivity index (χ2v) is 36.5. The largest absolute Gasteiger partial charge is 0.391 e. The number of hydrogen-bond donors (Lipinski definition) is 5. The number of aromatic nitrogens is 3. The maximum absolute atomic E-state index is 14.4. The van der Waals surface area contributed by atoms with Gasteiger partial charge in [0.05, 0.1) is 73.0 Å². The summed E-state index contributed by atoms with van der Waals surface area (Å²) in [6.07, 6.45) is 6.46. The van der Waals surface area contributed by atoms with Crippen LogP contribution >= 0.6 is 34.0 Å². The van der Waals surface area contributed by atoms with Gasteiger partial charge in [-0.3, -0.25) is 47.9 Å². The topological polar surface area (TPSA) is 305 Å². The Bertz CT molecular complexity index is 5360. The van der Waals surface area contributed by atoms with Gasteiger partial charge in [-0.2, -0.15) is 0 Å². The molecule has 24 nitrogen and oxygen atoms in total. The van der Waals surface area contributed by atoms with Crippen LogP contribution in [0, 0.1) is 32.6 Å². The first-order valence-electron chi connectivity index (χ1n) is 42.0. The van der Waals surface area contributed by atoms with Crippen molar-refractivity contribution in [2.75, 3.05) is 19.6 Å². The summed E-state index contributed by atoms with van der Waals surface area (Å²) >= 11 is 4.77. The first-order chi connectivity index (χ1) is 58.1. The molecule has 0 bridgehead atoms. The molecule has 6 aliphatic heterocycles. The average molecular weight is 1690 g/mol. The number of amides is 9. The third-order valence-electron chi connectivity index (χ3n) is 24.5. The Morgan fingerprint density at radius 2 is 0.950 bits per heavy atom. The van der Waals surface area contributed by atoms with Crippen molar-refractivity contribution in [2.24, 2.45) is 11.8 Å². The Hall–Kier alpha value is -11.0. The fourth-order valence-corrected chi connectivity index (χ4v) is 20.6. The van der Waals surface area contributed by atoms with Crippen molar-refractivity contribution in [3.05, 3.63) is 229 Å². The van der Waals surface area contributed by atoms with E-state index in [4.69, 9.17) is 0 Å². The molecule has 6 aromatic carbocycles. The Balaban J connectivity index is 0.000000148. The van der Waals surface area contributed by atoms with Gasteiger partial charge in [0.25, 0.3) is 17.7 Å². The predicted octanol–water partition coefficient (Wildman–Crippen LogP) is 12.8. The minimum absolute atomic E-state index is 0.0268. The Kier molecular flexibility index (Phi) is 26.5. The Morgan fingerprint density at radius 1 is 0.512 bits per heavy atom. The maximum Gasteiger partial charge on any atom is 0.255 e. The smallest absolute Gasteiger partial charge is 0.255 e. The molecular weight excluding hydrogens is 1590 g/mol. The number of aryl methyl sites for hydroxylation is 4. The second-order valence-electron chi connectivity index (χ2n) is 34.0. The molecule has 5 N–H and O–H groups in total. The standard InChI is InChI=1S/C33H38N4O4S.C31H34N4O4S.C30H34N4O4S/c1-5-6-7-22-10-13-27-25(14-22)17-37(32(27)40)29(20(2)3)33(41)36-18-26(38)15-28(36)31(39)34-16-23-8-11-24(12-9-23)30-21(4)35-19-42-30;1-20-27(40-19-33-20)22-11-9-21(10-12-22)16-32-28(37)26-15-24(36)18-34(26)30(39)31(13-5-2-6-14-31)35-17-23-7-3-4-8-25(23)29(35)38;1-18(2)25(33-15-22-7-5-6-8-23(22)28(33)36)29(37)34-16-30(4,38)13-24(34)27(35)31-14-20-9-11-21(12-10-20)26-19(3)32-17-39-26/h8-14,19-20,28-29H,5-7,15-18H2,1-4H3,(H,34,39);3-4,7-12,19,24,26,36H,2,5-6,13-18H2,1H3,(H,32,37);5-12,17-18,24-25,38H,13-16H2,1-4H3,(H,31,35)/t28-,29-;24-,26+;24-,25-,30-/m010/s1. The van der Waals surface area contributed by atoms with Gasteiger partial charge in [-0.05, 0) is 139 Å². The van der Waals surface area contributed by atoms with Crippen LogP contribution in [-0.2, 0) is 79.3 Å². The van der Waals surface area contributed by atoms with E-state index in [9.17, 15) is 58.2 Å². The number of benzene rings is 6. The van der Waals surface area contributed by atoms with Crippen molar-refractivity contribution >= 4 is 93.0 Å². The number of ketones is 1. The number of thiazole rings is 3. The van der Waals surface area contributed by atoms with E-state index in [2.05, 4.69) is 43.9 Å². The van der Waals surface area contributed by atoms with E-state index in [1.807, 2.05) is 192 Å². The van der Waals surface area contributed by atoms with Gasteiger partial charge in [-0.1, -0.05) is 182 Å². The fraction of sp³-hybridized carbons (Fsp3) is 0.415. The number of carbonyl (C=O) groups excluding carboxylic acids is 10. The third-order valence-corrected chi connectivity index (χ3v) is 27.4. The van der Waals surface area contributed by atoms with Crippen LogP contribution in [0.3, 0.4) is 0 Å². The number of fused-ring (bicyclic) bond motifs is 3. The molecule has 9 heterocycles. The summed E-state index contributed by atoms with van der Waals surface area (Å²) in [5, 5.41) is 30.3. The van der Waals surface area contributed by atoms with Gasteiger partial charge in [0.1, 0.15) is 35.7 Å². The number of nitrogens with one attached hydrogen (secondary N) is 3. The van der Waals surface area contributed by atoms with Gasteiger partial charge < -0.3 is 55.6 Å². The number of aliphatic hydroxyl groups excluding tert-OH is 1. The van der Waals surface area contributed by atoms with Crippen LogP contribution in [0.1, 0.15) is 193 Å². The number of Topliss-reactive ketones (excluding diaryl/α,β-unsaturated/α-hetero) is 1. The highest BCUT2D eigenvalue weighted by Crippen LogP contribution is 2.43. The van der Waals surface area contributed by atoms with Crippen molar-refractivity contribution in [1.29, 1.82) is 0 Å². The van der Waals surface area contributed by atoms with Crippen molar-refractivity contribution in [2.45, 2.75) is 220 Å². The van der Waals surface area contributed by atoms with Crippen LogP contribution in [-0.4, -0.2) is 181 Å². The minimum atomic E-state index is -1.20. The monoisotopic (exact) mass is 1690 g/mol. The third kappa shape index (κ3) is 18.6. The van der Waals surface area contributed by atoms with Gasteiger partial charge >= 0.3 is 0 Å². The molecule has 16 rings (SSSR count). The van der Waals surface area contributed by atoms with Crippen molar-refractivity contribution in [3.8, 4) is 31.3 Å². The number of rotatable bonds is 23. The summed E-state index contributed by atoms with van der Waals surface area (Å²) in [6, 6.07) is 40.7. The Labute approximate surface area is 718 Å². The lowest BCUT2D eigenvalue weighted by atomic mass is 9.78. The first-order valence-corrected chi connectivity index (χ1v) is 44.6. The molecule has 3 saturated heterocycles. The molecule has 4 fully saturated rings. The van der Waals surface area contributed by atoms with Crippen LogP contribution in [0.2, 0.25) is 0 Å². The van der Waals surface area contributed by atoms with Gasteiger partial charge in [0.2, 0.25) is 35.4 Å². The van der Waals surface area contributed by atoms with Crippen LogP contribution in [0.4, 0.5) is 0 Å². The van der Waals surface area contributed by atoms with Crippen LogP contribution in [0.25, 0.3) is 31.3 Å². The maximum atomic E-state index is 14.4. The number of hydrogen-bond acceptors (Lipinski definition) is 18. The summed E-state index contributed by atoms with van der Waals surface area (Å²) in [4.78, 5) is 161. The van der Waals surface area contributed by atoms with Gasteiger partial charge in [0.15, 0.2) is 5.78 Å². The number of β-amino-alcohol motifs (C(OH)–C–C–N with tert-alkyl or cyclic N) is 2. The lowest BCUT2D eigenvalue weighted by Crippen LogP contribution is -2.62.